The van der Waals surface area contributed by atoms with Crippen molar-refractivity contribution in [3.8, 4) is 5.69 Å². The monoisotopic (exact) mass is 415 g/mol. The molecule has 0 bridgehead atoms. The first kappa shape index (κ1) is 19.9. The summed E-state index contributed by atoms with van der Waals surface area (Å²) in [7, 11) is 0. The Balaban J connectivity index is 1.56. The van der Waals surface area contributed by atoms with Crippen LogP contribution in [-0.4, -0.2) is 21.2 Å². The number of carbonyl (C=O) groups is 1. The number of nitrogens with one attached hydrogen (secondary N) is 1. The second-order valence-corrected chi connectivity index (χ2v) is 7.88. The van der Waals surface area contributed by atoms with Gasteiger partial charge in [-0.3, -0.25) is 14.2 Å². The van der Waals surface area contributed by atoms with E-state index in [-0.39, 0.29) is 17.2 Å². The number of amides is 1. The Morgan fingerprint density at radius 1 is 0.967 bits per heavy atom. The van der Waals surface area contributed by atoms with Crippen LogP contribution >= 0.6 is 11.8 Å². The van der Waals surface area contributed by atoms with Gasteiger partial charge in [0.15, 0.2) is 5.16 Å². The van der Waals surface area contributed by atoms with E-state index in [2.05, 4.69) is 10.3 Å². The third-order valence-corrected chi connectivity index (χ3v) is 5.64. The molecule has 0 spiro atoms. The molecule has 0 radical (unpaired) electrons. The molecule has 0 unspecified atom stereocenters. The standard InChI is InChI=1S/C24H21N3O2S/c1-17-11-13-18(14-12-17)15-25-22(28)16-30-24-26-21-10-6-5-9-20(21)23(29)27(24)19-7-3-2-4-8-19/h2-14H,15-16H2,1H3,(H,25,28). The molecule has 0 aliphatic carbocycles. The van der Waals surface area contributed by atoms with Gasteiger partial charge in [-0.05, 0) is 36.8 Å². The molecule has 0 aliphatic rings. The lowest BCUT2D eigenvalue weighted by atomic mass is 10.1. The summed E-state index contributed by atoms with van der Waals surface area (Å²) in [6.45, 7) is 2.50. The summed E-state index contributed by atoms with van der Waals surface area (Å²) in [6.07, 6.45) is 0. The van der Waals surface area contributed by atoms with E-state index in [0.29, 0.717) is 22.6 Å². The summed E-state index contributed by atoms with van der Waals surface area (Å²) in [5, 5.41) is 3.97. The number of carbonyl (C=O) groups excluding carboxylic acids is 1. The Morgan fingerprint density at radius 3 is 2.43 bits per heavy atom. The lowest BCUT2D eigenvalue weighted by molar-refractivity contribution is -0.118. The third-order valence-electron chi connectivity index (χ3n) is 4.70. The number of nitrogens with zero attached hydrogens (tertiary/aromatic N) is 2. The minimum Gasteiger partial charge on any atom is -0.351 e. The SMILES string of the molecule is Cc1ccc(CNC(=O)CSc2nc3ccccc3c(=O)n2-c2ccccc2)cc1. The molecule has 4 rings (SSSR count). The molecule has 0 saturated carbocycles. The number of fused-ring (bicyclic) bond motifs is 1. The average molecular weight is 416 g/mol. The fraction of sp³-hybridized carbons (Fsp3) is 0.125. The number of aromatic nitrogens is 2. The quantitative estimate of drug-likeness (QED) is 0.380. The number of rotatable bonds is 6. The van der Waals surface area contributed by atoms with Crippen LogP contribution in [0.5, 0.6) is 0 Å². The molecule has 30 heavy (non-hydrogen) atoms. The zero-order chi connectivity index (χ0) is 20.9. The minimum absolute atomic E-state index is 0.109. The van der Waals surface area contributed by atoms with Gasteiger partial charge >= 0.3 is 0 Å². The van der Waals surface area contributed by atoms with Gasteiger partial charge in [-0.25, -0.2) is 4.98 Å². The van der Waals surface area contributed by atoms with Crippen LogP contribution in [0.3, 0.4) is 0 Å². The highest BCUT2D eigenvalue weighted by Gasteiger charge is 2.14. The first-order chi connectivity index (χ1) is 14.6. The normalized spacial score (nSPS) is 10.8. The van der Waals surface area contributed by atoms with Crippen LogP contribution < -0.4 is 10.9 Å². The van der Waals surface area contributed by atoms with Crippen molar-refractivity contribution in [2.75, 3.05) is 5.75 Å². The summed E-state index contributed by atoms with van der Waals surface area (Å²) in [4.78, 5) is 30.2. The van der Waals surface area contributed by atoms with Crippen LogP contribution in [0.2, 0.25) is 0 Å². The molecule has 3 aromatic carbocycles. The molecule has 0 aliphatic heterocycles. The van der Waals surface area contributed by atoms with Crippen LogP contribution in [0.4, 0.5) is 0 Å². The van der Waals surface area contributed by atoms with Gasteiger partial charge in [0, 0.05) is 6.54 Å². The van der Waals surface area contributed by atoms with Gasteiger partial charge in [-0.1, -0.05) is 71.9 Å². The zero-order valence-corrected chi connectivity index (χ0v) is 17.4. The highest BCUT2D eigenvalue weighted by Crippen LogP contribution is 2.21. The van der Waals surface area contributed by atoms with Gasteiger partial charge in [0.05, 0.1) is 22.3 Å². The van der Waals surface area contributed by atoms with E-state index >= 15 is 0 Å². The molecule has 1 heterocycles. The minimum atomic E-state index is -0.144. The Labute approximate surface area is 178 Å². The fourth-order valence-corrected chi connectivity index (χ4v) is 3.94. The predicted octanol–water partition coefficient (Wildman–Crippen LogP) is 4.10. The second kappa shape index (κ2) is 8.97. The van der Waals surface area contributed by atoms with Crippen LogP contribution in [0.25, 0.3) is 16.6 Å². The molecule has 0 atom stereocenters. The van der Waals surface area contributed by atoms with Gasteiger partial charge in [-0.15, -0.1) is 0 Å². The number of benzene rings is 3. The molecule has 150 valence electrons. The highest BCUT2D eigenvalue weighted by molar-refractivity contribution is 7.99. The topological polar surface area (TPSA) is 64.0 Å². The Hall–Kier alpha value is -3.38. The van der Waals surface area contributed by atoms with Gasteiger partial charge in [0.25, 0.3) is 5.56 Å². The van der Waals surface area contributed by atoms with Gasteiger partial charge in [0.1, 0.15) is 0 Å². The zero-order valence-electron chi connectivity index (χ0n) is 16.5. The third kappa shape index (κ3) is 4.44. The number of aryl methyl sites for hydroxylation is 1. The molecule has 5 nitrogen and oxygen atoms in total. The van der Waals surface area contributed by atoms with Crippen molar-refractivity contribution < 1.29 is 4.79 Å². The molecule has 0 saturated heterocycles. The first-order valence-corrected chi connectivity index (χ1v) is 10.6. The van der Waals surface area contributed by atoms with Crippen molar-refractivity contribution in [2.24, 2.45) is 0 Å². The van der Waals surface area contributed by atoms with E-state index in [4.69, 9.17) is 0 Å². The second-order valence-electron chi connectivity index (χ2n) is 6.94. The Morgan fingerprint density at radius 2 is 1.67 bits per heavy atom. The largest absolute Gasteiger partial charge is 0.351 e. The van der Waals surface area contributed by atoms with E-state index < -0.39 is 0 Å². The van der Waals surface area contributed by atoms with Gasteiger partial charge in [-0.2, -0.15) is 0 Å². The maximum atomic E-state index is 13.1. The number of thioether (sulfide) groups is 1. The van der Waals surface area contributed by atoms with Crippen molar-refractivity contribution in [2.45, 2.75) is 18.6 Å². The van der Waals surface area contributed by atoms with E-state index in [1.807, 2.05) is 79.7 Å². The number of hydrogen-bond acceptors (Lipinski definition) is 4. The molecule has 4 aromatic rings. The summed E-state index contributed by atoms with van der Waals surface area (Å²) >= 11 is 1.26. The lowest BCUT2D eigenvalue weighted by Crippen LogP contribution is -2.26. The summed E-state index contributed by atoms with van der Waals surface area (Å²) in [6, 6.07) is 24.7. The van der Waals surface area contributed by atoms with Gasteiger partial charge < -0.3 is 5.32 Å². The molecule has 6 heteroatoms. The molecule has 0 fully saturated rings. The number of hydrogen-bond donors (Lipinski definition) is 1. The summed E-state index contributed by atoms with van der Waals surface area (Å²) in [5.41, 5.74) is 3.43. The van der Waals surface area contributed by atoms with Gasteiger partial charge in [0.2, 0.25) is 5.91 Å². The maximum Gasteiger partial charge on any atom is 0.266 e. The van der Waals surface area contributed by atoms with Crippen molar-refractivity contribution in [1.29, 1.82) is 0 Å². The van der Waals surface area contributed by atoms with Crippen LogP contribution in [0.1, 0.15) is 11.1 Å². The highest BCUT2D eigenvalue weighted by atomic mass is 32.2. The van der Waals surface area contributed by atoms with Crippen molar-refractivity contribution in [3.63, 3.8) is 0 Å². The average Bonchev–Trinajstić information content (AvgIpc) is 2.78. The molecular weight excluding hydrogens is 394 g/mol. The van der Waals surface area contributed by atoms with Crippen molar-refractivity contribution >= 4 is 28.6 Å². The van der Waals surface area contributed by atoms with Crippen LogP contribution in [0, 0.1) is 6.92 Å². The first-order valence-electron chi connectivity index (χ1n) is 9.64. The van der Waals surface area contributed by atoms with E-state index in [1.165, 1.54) is 17.3 Å². The lowest BCUT2D eigenvalue weighted by Gasteiger charge is -2.13. The summed E-state index contributed by atoms with van der Waals surface area (Å²) in [5.74, 6) is 0.0614. The van der Waals surface area contributed by atoms with E-state index in [9.17, 15) is 9.59 Å². The smallest absolute Gasteiger partial charge is 0.266 e. The molecular formula is C24H21N3O2S. The summed E-state index contributed by atoms with van der Waals surface area (Å²) < 4.78 is 1.57. The molecule has 1 amide bonds. The van der Waals surface area contributed by atoms with Crippen molar-refractivity contribution in [3.05, 3.63) is 100 Å². The van der Waals surface area contributed by atoms with E-state index in [0.717, 1.165) is 11.3 Å². The van der Waals surface area contributed by atoms with E-state index in [1.54, 1.807) is 10.6 Å². The van der Waals surface area contributed by atoms with Crippen molar-refractivity contribution in [1.82, 2.24) is 14.9 Å². The van der Waals surface area contributed by atoms with Crippen LogP contribution in [-0.2, 0) is 11.3 Å². The molecule has 1 N–H and O–H groups in total. The Kier molecular flexibility index (Phi) is 5.95. The Bertz CT molecular complexity index is 1240. The fourth-order valence-electron chi connectivity index (χ4n) is 3.10. The van der Waals surface area contributed by atoms with Crippen LogP contribution in [0.15, 0.2) is 88.8 Å². The molecule has 1 aromatic heterocycles. The number of para-hydroxylation sites is 2. The maximum absolute atomic E-state index is 13.1. The predicted molar refractivity (Wildman–Crippen MR) is 121 cm³/mol.